The number of benzene rings is 2. The van der Waals surface area contributed by atoms with E-state index >= 15 is 0 Å². The molecule has 23 heavy (non-hydrogen) atoms. The van der Waals surface area contributed by atoms with Gasteiger partial charge in [-0.25, -0.2) is 4.79 Å². The summed E-state index contributed by atoms with van der Waals surface area (Å²) in [5, 5.41) is 0. The molecule has 2 aliphatic rings. The number of methoxy groups -OCH3 is 1. The minimum atomic E-state index is -0.497. The number of rotatable bonds is 2. The van der Waals surface area contributed by atoms with E-state index in [0.29, 0.717) is 28.1 Å². The van der Waals surface area contributed by atoms with Gasteiger partial charge >= 0.3 is 5.97 Å². The molecule has 1 aliphatic heterocycles. The van der Waals surface area contributed by atoms with Crippen LogP contribution in [0.1, 0.15) is 16.1 Å². The minimum Gasteiger partial charge on any atom is -0.465 e. The smallest absolute Gasteiger partial charge is 0.340 e. The van der Waals surface area contributed by atoms with Crippen LogP contribution in [0, 0.1) is 6.92 Å². The van der Waals surface area contributed by atoms with Crippen molar-refractivity contribution < 1.29 is 9.53 Å². The molecule has 0 saturated carbocycles. The van der Waals surface area contributed by atoms with Crippen LogP contribution in [0.2, 0.25) is 0 Å². The average Bonchev–Trinajstić information content (AvgIpc) is 2.54. The van der Waals surface area contributed by atoms with E-state index in [2.05, 4.69) is 0 Å². The Bertz CT molecular complexity index is 914. The maximum atomic E-state index is 12.3. The molecule has 0 radical (unpaired) electrons. The molecule has 0 spiro atoms. The Labute approximate surface area is 133 Å². The lowest BCUT2D eigenvalue weighted by Crippen LogP contribution is -2.16. The lowest BCUT2D eigenvalue weighted by atomic mass is 9.96. The fraction of sp³-hybridized carbons (Fsp3) is 0.111. The summed E-state index contributed by atoms with van der Waals surface area (Å²) >= 11 is 0. The molecule has 0 fully saturated rings. The number of nitrogens with two attached hydrogens (primary N) is 1. The van der Waals surface area contributed by atoms with Crippen LogP contribution in [0.3, 0.4) is 0 Å². The number of ether oxygens (including phenoxy) is 1. The predicted octanol–water partition coefficient (Wildman–Crippen LogP) is 2.62. The van der Waals surface area contributed by atoms with Crippen molar-refractivity contribution in [1.29, 1.82) is 0 Å². The fourth-order valence-electron chi connectivity index (χ4n) is 2.76. The van der Waals surface area contributed by atoms with Gasteiger partial charge in [0.25, 0.3) is 0 Å². The van der Waals surface area contributed by atoms with E-state index in [1.807, 2.05) is 48.0 Å². The highest BCUT2D eigenvalue weighted by atomic mass is 16.5. The molecule has 0 saturated heterocycles. The van der Waals surface area contributed by atoms with Gasteiger partial charge in [0, 0.05) is 40.5 Å². The number of nitrogen functional groups attached to an aromatic ring is 1. The average molecular weight is 308 g/mol. The Morgan fingerprint density at radius 2 is 1.83 bits per heavy atom. The normalized spacial score (nSPS) is 10.7. The molecule has 0 amide bonds. The van der Waals surface area contributed by atoms with Crippen LogP contribution in [-0.2, 0) is 4.74 Å². The van der Waals surface area contributed by atoms with Gasteiger partial charge in [-0.05, 0) is 25.1 Å². The monoisotopic (exact) mass is 308 g/mol. The molecule has 3 rings (SSSR count). The number of esters is 1. The van der Waals surface area contributed by atoms with E-state index in [9.17, 15) is 9.59 Å². The summed E-state index contributed by atoms with van der Waals surface area (Å²) in [6.45, 7) is 1.81. The summed E-state index contributed by atoms with van der Waals surface area (Å²) < 4.78 is 6.77. The largest absolute Gasteiger partial charge is 0.465 e. The number of hydrogen-bond donors (Lipinski definition) is 1. The number of para-hydroxylation sites is 1. The van der Waals surface area contributed by atoms with Crippen LogP contribution in [0.5, 0.6) is 0 Å². The summed E-state index contributed by atoms with van der Waals surface area (Å²) in [7, 11) is 1.32. The molecule has 1 aromatic carbocycles. The Morgan fingerprint density at radius 3 is 2.48 bits per heavy atom. The Balaban J connectivity index is 2.44. The maximum absolute atomic E-state index is 12.3. The van der Waals surface area contributed by atoms with E-state index in [1.54, 1.807) is 0 Å². The first-order valence-corrected chi connectivity index (χ1v) is 7.12. The number of fused-ring (bicyclic) bond motifs is 1. The zero-order valence-corrected chi connectivity index (χ0v) is 12.9. The number of carbonyl (C=O) groups is 1. The summed E-state index contributed by atoms with van der Waals surface area (Å²) in [5.41, 5.74) is 9.16. The topological polar surface area (TPSA) is 74.3 Å². The van der Waals surface area contributed by atoms with Crippen LogP contribution in [0.25, 0.3) is 16.8 Å². The maximum Gasteiger partial charge on any atom is 0.340 e. The summed E-state index contributed by atoms with van der Waals surface area (Å²) in [6, 6.07) is 12.4. The number of nitrogens with zero attached hydrogens (tertiary/aromatic N) is 1. The first kappa shape index (κ1) is 14.8. The van der Waals surface area contributed by atoms with Gasteiger partial charge in [0.2, 0.25) is 0 Å². The van der Waals surface area contributed by atoms with Crippen molar-refractivity contribution in [3.05, 3.63) is 70.1 Å². The van der Waals surface area contributed by atoms with Crippen molar-refractivity contribution in [2.24, 2.45) is 0 Å². The van der Waals surface area contributed by atoms with Crippen molar-refractivity contribution in [2.45, 2.75) is 6.92 Å². The predicted molar refractivity (Wildman–Crippen MR) is 89.1 cm³/mol. The van der Waals surface area contributed by atoms with Gasteiger partial charge in [0.1, 0.15) is 0 Å². The zero-order valence-electron chi connectivity index (χ0n) is 12.9. The Hall–Kier alpha value is -3.08. The Kier molecular flexibility index (Phi) is 3.62. The van der Waals surface area contributed by atoms with Gasteiger partial charge in [-0.15, -0.1) is 0 Å². The molecule has 2 N–H and O–H groups in total. The fourth-order valence-corrected chi connectivity index (χ4v) is 2.76. The van der Waals surface area contributed by atoms with Gasteiger partial charge in [-0.2, -0.15) is 0 Å². The van der Waals surface area contributed by atoms with Crippen LogP contribution in [-0.4, -0.2) is 17.6 Å². The highest BCUT2D eigenvalue weighted by molar-refractivity contribution is 6.00. The van der Waals surface area contributed by atoms with Crippen molar-refractivity contribution in [3.63, 3.8) is 0 Å². The lowest BCUT2D eigenvalue weighted by molar-refractivity contribution is 0.0600. The minimum absolute atomic E-state index is 0.239. The second kappa shape index (κ2) is 5.61. The second-order valence-corrected chi connectivity index (χ2v) is 5.26. The van der Waals surface area contributed by atoms with Crippen molar-refractivity contribution in [3.8, 4) is 16.8 Å². The third kappa shape index (κ3) is 2.46. The summed E-state index contributed by atoms with van der Waals surface area (Å²) in [4.78, 5) is 24.1. The Morgan fingerprint density at radius 1 is 1.13 bits per heavy atom. The van der Waals surface area contributed by atoms with E-state index in [1.165, 1.54) is 19.2 Å². The second-order valence-electron chi connectivity index (χ2n) is 5.26. The van der Waals surface area contributed by atoms with E-state index in [0.717, 1.165) is 5.69 Å². The number of anilines is 1. The molecular formula is C18H16N2O3. The molecule has 5 nitrogen and oxygen atoms in total. The summed E-state index contributed by atoms with van der Waals surface area (Å²) in [5.74, 6) is -0.497. The van der Waals surface area contributed by atoms with Gasteiger partial charge in [-0.3, -0.25) is 4.79 Å². The number of hydrogen-bond acceptors (Lipinski definition) is 4. The van der Waals surface area contributed by atoms with E-state index in [4.69, 9.17) is 10.5 Å². The number of pyridine rings is 1. The molecule has 5 heteroatoms. The van der Waals surface area contributed by atoms with Gasteiger partial charge in [0.05, 0.1) is 12.7 Å². The molecule has 0 aromatic heterocycles. The molecule has 1 aromatic rings. The molecule has 0 bridgehead atoms. The van der Waals surface area contributed by atoms with Gasteiger partial charge in [0.15, 0.2) is 5.43 Å². The van der Waals surface area contributed by atoms with Crippen LogP contribution in [0.15, 0.2) is 53.5 Å². The molecule has 0 atom stereocenters. The molecular weight excluding hydrogens is 292 g/mol. The van der Waals surface area contributed by atoms with Gasteiger partial charge < -0.3 is 15.0 Å². The highest BCUT2D eigenvalue weighted by Crippen LogP contribution is 2.33. The van der Waals surface area contributed by atoms with E-state index < -0.39 is 5.97 Å². The third-order valence-corrected chi connectivity index (χ3v) is 3.86. The first-order chi connectivity index (χ1) is 11.0. The standard InChI is InChI=1S/C18H16N2O3/c1-11-17(18(22)23-2)14-8-13(21)9-16(19)15(14)10-20(11)12-6-4-3-5-7-12/h3-10H,19H2,1-2H3. The molecule has 116 valence electrons. The number of carbonyl (C=O) groups excluding carboxylic acids is 1. The van der Waals surface area contributed by atoms with Crippen LogP contribution >= 0.6 is 0 Å². The molecule has 0 unspecified atom stereocenters. The lowest BCUT2D eigenvalue weighted by Gasteiger charge is -2.21. The first-order valence-electron chi connectivity index (χ1n) is 7.12. The highest BCUT2D eigenvalue weighted by Gasteiger charge is 2.23. The van der Waals surface area contributed by atoms with Crippen molar-refractivity contribution in [2.75, 3.05) is 12.8 Å². The van der Waals surface area contributed by atoms with E-state index in [-0.39, 0.29) is 5.43 Å². The summed E-state index contributed by atoms with van der Waals surface area (Å²) in [6.07, 6.45) is 1.83. The zero-order chi connectivity index (χ0) is 16.6. The van der Waals surface area contributed by atoms with Crippen molar-refractivity contribution in [1.82, 2.24) is 4.57 Å². The number of aromatic nitrogens is 1. The SMILES string of the molecule is COC(=O)c1c2cc(=O)cc(N)c-2cn(-c2ccccc2)c1C. The quantitative estimate of drug-likeness (QED) is 0.583. The molecule has 1 aliphatic carbocycles. The third-order valence-electron chi connectivity index (χ3n) is 3.86. The molecule has 1 heterocycles. The van der Waals surface area contributed by atoms with Crippen LogP contribution in [0.4, 0.5) is 5.69 Å². The van der Waals surface area contributed by atoms with Crippen molar-refractivity contribution >= 4 is 11.7 Å². The van der Waals surface area contributed by atoms with Crippen LogP contribution < -0.4 is 11.2 Å². The van der Waals surface area contributed by atoms with Gasteiger partial charge in [-0.1, -0.05) is 18.2 Å².